The van der Waals surface area contributed by atoms with Crippen LogP contribution in [-0.2, 0) is 9.84 Å². The van der Waals surface area contributed by atoms with Crippen LogP contribution in [-0.4, -0.2) is 8.42 Å². The Bertz CT molecular complexity index is 634. The Kier molecular flexibility index (Phi) is 2.98. The molecule has 2 nitrogen and oxygen atoms in total. The Morgan fingerprint density at radius 3 is 2.29 bits per heavy atom. The Morgan fingerprint density at radius 1 is 1.00 bits per heavy atom. The molecule has 0 aromatic heterocycles. The van der Waals surface area contributed by atoms with Gasteiger partial charge in [-0.2, -0.15) is 0 Å². The van der Waals surface area contributed by atoms with Crippen molar-refractivity contribution < 1.29 is 12.8 Å². The van der Waals surface area contributed by atoms with Crippen LogP contribution >= 0.6 is 0 Å². The van der Waals surface area contributed by atoms with Crippen LogP contribution in [0.4, 0.5) is 4.39 Å². The van der Waals surface area contributed by atoms with Crippen LogP contribution in [0.2, 0.25) is 0 Å². The summed E-state index contributed by atoms with van der Waals surface area (Å²) in [6.07, 6.45) is 0. The quantitative estimate of drug-likeness (QED) is 0.821. The summed E-state index contributed by atoms with van der Waals surface area (Å²) < 4.78 is 37.6. The number of benzene rings is 2. The highest BCUT2D eigenvalue weighted by atomic mass is 32.2. The van der Waals surface area contributed by atoms with Gasteiger partial charge < -0.3 is 0 Å². The average molecular weight is 250 g/mol. The first-order valence-corrected chi connectivity index (χ1v) is 6.56. The number of hydrogen-bond acceptors (Lipinski definition) is 2. The maximum atomic E-state index is 13.1. The van der Waals surface area contributed by atoms with Gasteiger partial charge in [0.15, 0.2) is 0 Å². The first kappa shape index (κ1) is 11.8. The van der Waals surface area contributed by atoms with Crippen LogP contribution in [0.15, 0.2) is 58.3 Å². The smallest absolute Gasteiger partial charge is 0.206 e. The Morgan fingerprint density at radius 2 is 1.65 bits per heavy atom. The standard InChI is InChI=1S/C13H11FO2S/c1-10-7-8-11(14)9-13(10)17(15,16)12-5-3-2-4-6-12/h2-9H,1H3. The van der Waals surface area contributed by atoms with E-state index in [4.69, 9.17) is 0 Å². The maximum absolute atomic E-state index is 13.1. The summed E-state index contributed by atoms with van der Waals surface area (Å²) in [6.45, 7) is 1.65. The van der Waals surface area contributed by atoms with E-state index in [1.807, 2.05) is 0 Å². The molecule has 4 heteroatoms. The third-order valence-electron chi connectivity index (χ3n) is 2.49. The summed E-state index contributed by atoms with van der Waals surface area (Å²) in [6, 6.07) is 11.8. The van der Waals surface area contributed by atoms with Crippen molar-refractivity contribution in [2.75, 3.05) is 0 Å². The van der Waals surface area contributed by atoms with E-state index in [1.165, 1.54) is 24.3 Å². The second kappa shape index (κ2) is 4.30. The molecule has 0 spiro atoms. The molecule has 0 amide bonds. The molecule has 88 valence electrons. The summed E-state index contributed by atoms with van der Waals surface area (Å²) in [5.74, 6) is -0.551. The zero-order valence-electron chi connectivity index (χ0n) is 9.22. The predicted molar refractivity (Wildman–Crippen MR) is 63.0 cm³/mol. The second-order valence-corrected chi connectivity index (χ2v) is 5.64. The first-order chi connectivity index (χ1) is 8.01. The molecule has 0 bridgehead atoms. The molecular weight excluding hydrogens is 239 g/mol. The predicted octanol–water partition coefficient (Wildman–Crippen LogP) is 2.97. The highest BCUT2D eigenvalue weighted by Gasteiger charge is 2.19. The first-order valence-electron chi connectivity index (χ1n) is 5.08. The molecule has 0 heterocycles. The van der Waals surface area contributed by atoms with Crippen LogP contribution in [0.5, 0.6) is 0 Å². The van der Waals surface area contributed by atoms with Gasteiger partial charge in [0.25, 0.3) is 0 Å². The zero-order chi connectivity index (χ0) is 12.5. The normalized spacial score (nSPS) is 11.4. The van der Waals surface area contributed by atoms with Crippen molar-refractivity contribution in [1.82, 2.24) is 0 Å². The van der Waals surface area contributed by atoms with Gasteiger partial charge in [-0.05, 0) is 36.8 Å². The molecule has 0 N–H and O–H groups in total. The highest BCUT2D eigenvalue weighted by molar-refractivity contribution is 7.91. The fraction of sp³-hybridized carbons (Fsp3) is 0.0769. The van der Waals surface area contributed by atoms with Crippen LogP contribution < -0.4 is 0 Å². The van der Waals surface area contributed by atoms with Crippen LogP contribution in [0.1, 0.15) is 5.56 Å². The summed E-state index contributed by atoms with van der Waals surface area (Å²) >= 11 is 0. The van der Waals surface area contributed by atoms with Crippen molar-refractivity contribution in [2.45, 2.75) is 16.7 Å². The molecule has 2 aromatic rings. The Hall–Kier alpha value is -1.68. The van der Waals surface area contributed by atoms with E-state index in [2.05, 4.69) is 0 Å². The van der Waals surface area contributed by atoms with Crippen molar-refractivity contribution in [3.63, 3.8) is 0 Å². The molecule has 0 fully saturated rings. The van der Waals surface area contributed by atoms with E-state index < -0.39 is 15.7 Å². The zero-order valence-corrected chi connectivity index (χ0v) is 10.0. The minimum absolute atomic E-state index is 0.0173. The number of sulfone groups is 1. The lowest BCUT2D eigenvalue weighted by molar-refractivity contribution is 0.590. The van der Waals surface area contributed by atoms with Gasteiger partial charge in [-0.1, -0.05) is 24.3 Å². The average Bonchev–Trinajstić information content (AvgIpc) is 2.33. The molecule has 0 aliphatic rings. The monoisotopic (exact) mass is 250 g/mol. The van der Waals surface area contributed by atoms with E-state index in [0.29, 0.717) is 5.56 Å². The maximum Gasteiger partial charge on any atom is 0.206 e. The molecule has 2 rings (SSSR count). The summed E-state index contributed by atoms with van der Waals surface area (Å²) in [5, 5.41) is 0. The molecule has 2 aromatic carbocycles. The van der Waals surface area contributed by atoms with E-state index in [1.54, 1.807) is 25.1 Å². The van der Waals surface area contributed by atoms with Gasteiger partial charge in [0.05, 0.1) is 9.79 Å². The van der Waals surface area contributed by atoms with Gasteiger partial charge in [-0.15, -0.1) is 0 Å². The largest absolute Gasteiger partial charge is 0.219 e. The molecule has 0 saturated heterocycles. The minimum atomic E-state index is -3.63. The third kappa shape index (κ3) is 2.22. The lowest BCUT2D eigenvalue weighted by Crippen LogP contribution is -2.04. The van der Waals surface area contributed by atoms with Gasteiger partial charge in [0.1, 0.15) is 5.82 Å². The van der Waals surface area contributed by atoms with Gasteiger partial charge in [-0.25, -0.2) is 12.8 Å². The molecule has 17 heavy (non-hydrogen) atoms. The lowest BCUT2D eigenvalue weighted by Gasteiger charge is -2.07. The fourth-order valence-corrected chi connectivity index (χ4v) is 3.12. The SMILES string of the molecule is Cc1ccc(F)cc1S(=O)(=O)c1ccccc1. The van der Waals surface area contributed by atoms with E-state index in [0.717, 1.165) is 6.07 Å². The van der Waals surface area contributed by atoms with Crippen LogP contribution in [0.25, 0.3) is 0 Å². The minimum Gasteiger partial charge on any atom is -0.219 e. The molecule has 0 unspecified atom stereocenters. The number of aryl methyl sites for hydroxylation is 1. The van der Waals surface area contributed by atoms with Crippen molar-refractivity contribution in [2.24, 2.45) is 0 Å². The Labute approximate surface area is 99.6 Å². The second-order valence-electron chi connectivity index (χ2n) is 3.73. The molecule has 0 radical (unpaired) electrons. The summed E-state index contributed by atoms with van der Waals surface area (Å²) in [4.78, 5) is 0.192. The lowest BCUT2D eigenvalue weighted by atomic mass is 10.2. The fourth-order valence-electron chi connectivity index (χ4n) is 1.59. The van der Waals surface area contributed by atoms with Crippen LogP contribution in [0.3, 0.4) is 0 Å². The van der Waals surface area contributed by atoms with E-state index in [-0.39, 0.29) is 9.79 Å². The van der Waals surface area contributed by atoms with E-state index >= 15 is 0 Å². The topological polar surface area (TPSA) is 34.1 Å². The molecular formula is C13H11FO2S. The number of rotatable bonds is 2. The van der Waals surface area contributed by atoms with Crippen molar-refractivity contribution in [3.8, 4) is 0 Å². The number of hydrogen-bond donors (Lipinski definition) is 0. The van der Waals surface area contributed by atoms with E-state index in [9.17, 15) is 12.8 Å². The molecule has 0 aliphatic carbocycles. The van der Waals surface area contributed by atoms with Crippen molar-refractivity contribution in [1.29, 1.82) is 0 Å². The number of halogens is 1. The Balaban J connectivity index is 2.64. The molecule has 0 atom stereocenters. The molecule has 0 saturated carbocycles. The van der Waals surface area contributed by atoms with Crippen molar-refractivity contribution >= 4 is 9.84 Å². The third-order valence-corrected chi connectivity index (χ3v) is 4.40. The highest BCUT2D eigenvalue weighted by Crippen LogP contribution is 2.24. The summed E-state index contributed by atoms with van der Waals surface area (Å²) in [5.41, 5.74) is 0.537. The summed E-state index contributed by atoms with van der Waals surface area (Å²) in [7, 11) is -3.63. The van der Waals surface area contributed by atoms with Gasteiger partial charge >= 0.3 is 0 Å². The molecule has 0 aliphatic heterocycles. The van der Waals surface area contributed by atoms with Crippen molar-refractivity contribution in [3.05, 3.63) is 59.9 Å². The van der Waals surface area contributed by atoms with Crippen LogP contribution in [0, 0.1) is 12.7 Å². The van der Waals surface area contributed by atoms with Gasteiger partial charge in [0, 0.05) is 0 Å². The van der Waals surface area contributed by atoms with Gasteiger partial charge in [-0.3, -0.25) is 0 Å². The van der Waals surface area contributed by atoms with Gasteiger partial charge in [0.2, 0.25) is 9.84 Å².